The molecule has 0 aromatic heterocycles. The Labute approximate surface area is 173 Å². The quantitative estimate of drug-likeness (QED) is 0.735. The highest BCUT2D eigenvalue weighted by molar-refractivity contribution is 6.35. The van der Waals surface area contributed by atoms with Crippen LogP contribution in [0.2, 0.25) is 15.1 Å². The van der Waals surface area contributed by atoms with Crippen LogP contribution in [0.1, 0.15) is 6.92 Å². The zero-order chi connectivity index (χ0) is 19.4. The Bertz CT molecular complexity index is 826. The van der Waals surface area contributed by atoms with E-state index in [9.17, 15) is 4.79 Å². The summed E-state index contributed by atoms with van der Waals surface area (Å²) in [5, 5.41) is 4.22. The van der Waals surface area contributed by atoms with Gasteiger partial charge in [-0.05, 0) is 43.3 Å². The second kappa shape index (κ2) is 9.02. The van der Waals surface area contributed by atoms with Gasteiger partial charge in [0.25, 0.3) is 5.91 Å². The van der Waals surface area contributed by atoms with Crippen LogP contribution in [0.4, 0.5) is 11.4 Å². The molecule has 3 rings (SSSR count). The molecule has 2 aromatic carbocycles. The third kappa shape index (κ3) is 5.20. The van der Waals surface area contributed by atoms with E-state index < -0.39 is 6.10 Å². The zero-order valence-electron chi connectivity index (χ0n) is 14.7. The highest BCUT2D eigenvalue weighted by atomic mass is 35.5. The minimum absolute atomic E-state index is 0.309. The van der Waals surface area contributed by atoms with Crippen molar-refractivity contribution in [3.63, 3.8) is 0 Å². The van der Waals surface area contributed by atoms with Crippen molar-refractivity contribution >= 4 is 52.1 Å². The van der Waals surface area contributed by atoms with E-state index in [0.717, 1.165) is 18.8 Å². The Morgan fingerprint density at radius 1 is 1.11 bits per heavy atom. The number of hydrogen-bond acceptors (Lipinski definition) is 4. The van der Waals surface area contributed by atoms with Gasteiger partial charge < -0.3 is 19.7 Å². The van der Waals surface area contributed by atoms with Crippen molar-refractivity contribution < 1.29 is 14.3 Å². The van der Waals surface area contributed by atoms with Gasteiger partial charge in [0.1, 0.15) is 5.75 Å². The molecule has 0 aliphatic carbocycles. The van der Waals surface area contributed by atoms with Gasteiger partial charge in [-0.3, -0.25) is 4.79 Å². The molecule has 1 amide bonds. The van der Waals surface area contributed by atoms with Crippen molar-refractivity contribution in [3.8, 4) is 5.75 Å². The summed E-state index contributed by atoms with van der Waals surface area (Å²) in [4.78, 5) is 14.6. The number of hydrogen-bond donors (Lipinski definition) is 1. The third-order valence-corrected chi connectivity index (χ3v) is 4.97. The zero-order valence-corrected chi connectivity index (χ0v) is 16.9. The Kier molecular flexibility index (Phi) is 6.71. The molecule has 5 nitrogen and oxygen atoms in total. The Morgan fingerprint density at radius 2 is 1.85 bits per heavy atom. The molecule has 1 aliphatic rings. The molecule has 1 heterocycles. The van der Waals surface area contributed by atoms with Crippen molar-refractivity contribution in [2.75, 3.05) is 36.5 Å². The van der Waals surface area contributed by atoms with E-state index in [2.05, 4.69) is 10.2 Å². The first-order chi connectivity index (χ1) is 12.9. The van der Waals surface area contributed by atoms with E-state index in [1.54, 1.807) is 31.2 Å². The molecule has 0 bridgehead atoms. The summed E-state index contributed by atoms with van der Waals surface area (Å²) < 4.78 is 11.0. The van der Waals surface area contributed by atoms with Crippen molar-refractivity contribution in [3.05, 3.63) is 51.5 Å². The number of ether oxygens (including phenoxy) is 2. The number of amides is 1. The SMILES string of the molecule is CC(Oc1ccc(Cl)cc1Cl)C(=O)Nc1ccc(N2CCOCC2)c(Cl)c1. The first kappa shape index (κ1) is 20.1. The summed E-state index contributed by atoms with van der Waals surface area (Å²) in [7, 11) is 0. The van der Waals surface area contributed by atoms with Gasteiger partial charge in [0.2, 0.25) is 0 Å². The predicted molar refractivity (Wildman–Crippen MR) is 110 cm³/mol. The van der Waals surface area contributed by atoms with Gasteiger partial charge in [-0.1, -0.05) is 34.8 Å². The van der Waals surface area contributed by atoms with Crippen molar-refractivity contribution in [1.29, 1.82) is 0 Å². The van der Waals surface area contributed by atoms with E-state index >= 15 is 0 Å². The Balaban J connectivity index is 1.63. The number of carbonyl (C=O) groups is 1. The standard InChI is InChI=1S/C19H19Cl3N2O3/c1-12(27-18-5-2-13(20)10-16(18)22)19(25)23-14-3-4-17(15(21)11-14)24-6-8-26-9-7-24/h2-5,10-12H,6-9H2,1H3,(H,23,25). The molecule has 1 fully saturated rings. The van der Waals surface area contributed by atoms with E-state index in [4.69, 9.17) is 44.3 Å². The lowest BCUT2D eigenvalue weighted by molar-refractivity contribution is -0.122. The van der Waals surface area contributed by atoms with Crippen LogP contribution in [-0.4, -0.2) is 38.3 Å². The molecular formula is C19H19Cl3N2O3. The van der Waals surface area contributed by atoms with Gasteiger partial charge in [0.05, 0.1) is 28.9 Å². The minimum atomic E-state index is -0.749. The van der Waals surface area contributed by atoms with Gasteiger partial charge in [-0.2, -0.15) is 0 Å². The van der Waals surface area contributed by atoms with Crippen LogP contribution in [0.15, 0.2) is 36.4 Å². The predicted octanol–water partition coefficient (Wildman–Crippen LogP) is 4.89. The third-order valence-electron chi connectivity index (χ3n) is 4.13. The lowest BCUT2D eigenvalue weighted by atomic mass is 10.2. The van der Waals surface area contributed by atoms with Crippen molar-refractivity contribution in [2.24, 2.45) is 0 Å². The lowest BCUT2D eigenvalue weighted by Crippen LogP contribution is -2.36. The maximum absolute atomic E-state index is 12.4. The van der Waals surface area contributed by atoms with Gasteiger partial charge in [-0.15, -0.1) is 0 Å². The normalized spacial score (nSPS) is 15.3. The van der Waals surface area contributed by atoms with Crippen LogP contribution in [0, 0.1) is 0 Å². The molecule has 1 saturated heterocycles. The number of morpholine rings is 1. The topological polar surface area (TPSA) is 50.8 Å². The second-order valence-electron chi connectivity index (χ2n) is 6.09. The summed E-state index contributed by atoms with van der Waals surface area (Å²) in [5.74, 6) is 0.0839. The average molecular weight is 430 g/mol. The lowest BCUT2D eigenvalue weighted by Gasteiger charge is -2.29. The summed E-state index contributed by atoms with van der Waals surface area (Å²) in [6.45, 7) is 4.58. The molecular weight excluding hydrogens is 411 g/mol. The largest absolute Gasteiger partial charge is 0.479 e. The second-order valence-corrected chi connectivity index (χ2v) is 7.34. The molecule has 2 aromatic rings. The van der Waals surface area contributed by atoms with Gasteiger partial charge in [-0.25, -0.2) is 0 Å². The van der Waals surface area contributed by atoms with Crippen LogP contribution in [-0.2, 0) is 9.53 Å². The number of halogens is 3. The number of carbonyl (C=O) groups excluding carboxylic acids is 1. The molecule has 0 saturated carbocycles. The summed E-state index contributed by atoms with van der Waals surface area (Å²) in [6, 6.07) is 10.3. The molecule has 27 heavy (non-hydrogen) atoms. The molecule has 8 heteroatoms. The van der Waals surface area contributed by atoms with Crippen molar-refractivity contribution in [2.45, 2.75) is 13.0 Å². The highest BCUT2D eigenvalue weighted by Crippen LogP contribution is 2.30. The minimum Gasteiger partial charge on any atom is -0.479 e. The number of nitrogens with one attached hydrogen (secondary N) is 1. The van der Waals surface area contributed by atoms with Crippen LogP contribution in [0.5, 0.6) is 5.75 Å². The molecule has 1 N–H and O–H groups in total. The summed E-state index contributed by atoms with van der Waals surface area (Å²) in [5.41, 5.74) is 1.52. The fraction of sp³-hybridized carbons (Fsp3) is 0.316. The molecule has 0 radical (unpaired) electrons. The first-order valence-corrected chi connectivity index (χ1v) is 9.62. The summed E-state index contributed by atoms with van der Waals surface area (Å²) >= 11 is 18.3. The van der Waals surface area contributed by atoms with E-state index in [0.29, 0.717) is 39.7 Å². The Morgan fingerprint density at radius 3 is 2.52 bits per heavy atom. The maximum Gasteiger partial charge on any atom is 0.265 e. The van der Waals surface area contributed by atoms with Gasteiger partial charge >= 0.3 is 0 Å². The number of benzene rings is 2. The molecule has 1 aliphatic heterocycles. The van der Waals surface area contributed by atoms with Crippen LogP contribution in [0.3, 0.4) is 0 Å². The number of nitrogens with zero attached hydrogens (tertiary/aromatic N) is 1. The monoisotopic (exact) mass is 428 g/mol. The van der Waals surface area contributed by atoms with Crippen LogP contribution >= 0.6 is 34.8 Å². The first-order valence-electron chi connectivity index (χ1n) is 8.49. The average Bonchev–Trinajstić information content (AvgIpc) is 2.64. The van der Waals surface area contributed by atoms with E-state index in [1.165, 1.54) is 0 Å². The fourth-order valence-electron chi connectivity index (χ4n) is 2.70. The summed E-state index contributed by atoms with van der Waals surface area (Å²) in [6.07, 6.45) is -0.749. The fourth-order valence-corrected chi connectivity index (χ4v) is 3.46. The van der Waals surface area contributed by atoms with E-state index in [1.807, 2.05) is 12.1 Å². The molecule has 144 valence electrons. The molecule has 1 atom stereocenters. The number of rotatable bonds is 5. The highest BCUT2D eigenvalue weighted by Gasteiger charge is 2.18. The maximum atomic E-state index is 12.4. The van der Waals surface area contributed by atoms with Crippen LogP contribution in [0.25, 0.3) is 0 Å². The molecule has 1 unspecified atom stereocenters. The van der Waals surface area contributed by atoms with Crippen LogP contribution < -0.4 is 15.0 Å². The number of anilines is 2. The van der Waals surface area contributed by atoms with Gasteiger partial charge in [0.15, 0.2) is 6.10 Å². The molecule has 0 spiro atoms. The Hall–Kier alpha value is -1.66. The van der Waals surface area contributed by atoms with E-state index in [-0.39, 0.29) is 5.91 Å². The smallest absolute Gasteiger partial charge is 0.265 e. The van der Waals surface area contributed by atoms with Gasteiger partial charge in [0, 0.05) is 23.8 Å². The van der Waals surface area contributed by atoms with Crippen molar-refractivity contribution in [1.82, 2.24) is 0 Å².